The van der Waals surface area contributed by atoms with Crippen molar-refractivity contribution >= 4 is 29.3 Å². The lowest BCUT2D eigenvalue weighted by molar-refractivity contribution is -0.130. The zero-order valence-corrected chi connectivity index (χ0v) is 13.9. The lowest BCUT2D eigenvalue weighted by atomic mass is 9.97. The molecular formula is C18H19N3O4. The van der Waals surface area contributed by atoms with E-state index in [9.17, 15) is 19.2 Å². The molecule has 2 heterocycles. The molecular weight excluding hydrogens is 322 g/mol. The predicted octanol–water partition coefficient (Wildman–Crippen LogP) is 1.79. The Bertz CT molecular complexity index is 811. The summed E-state index contributed by atoms with van der Waals surface area (Å²) in [6.45, 7) is 1.50. The Morgan fingerprint density at radius 3 is 2.68 bits per heavy atom. The highest BCUT2D eigenvalue weighted by atomic mass is 16.2. The minimum absolute atomic E-state index is 0.100. The van der Waals surface area contributed by atoms with Crippen LogP contribution in [-0.2, 0) is 9.59 Å². The van der Waals surface area contributed by atoms with Gasteiger partial charge in [-0.25, -0.2) is 4.79 Å². The fourth-order valence-electron chi connectivity index (χ4n) is 3.96. The second kappa shape index (κ2) is 5.40. The molecule has 7 nitrogen and oxygen atoms in total. The number of carbonyl (C=O) groups is 4. The number of hydrogen-bond donors (Lipinski definition) is 2. The van der Waals surface area contributed by atoms with Crippen LogP contribution in [-0.4, -0.2) is 40.6 Å². The van der Waals surface area contributed by atoms with Crippen molar-refractivity contribution in [1.29, 1.82) is 0 Å². The van der Waals surface area contributed by atoms with Gasteiger partial charge in [-0.3, -0.25) is 19.3 Å². The molecule has 3 aliphatic rings. The number of hydrogen-bond acceptors (Lipinski definition) is 4. The first-order valence-electron chi connectivity index (χ1n) is 8.53. The zero-order valence-electron chi connectivity index (χ0n) is 13.9. The number of nitrogens with one attached hydrogen (secondary N) is 2. The first-order chi connectivity index (χ1) is 11.9. The SMILES string of the molecule is C[C@H]1C(=O)Nc2ccc(C(=O)CN3C(=O)NC4(CCCC4)C3=O)cc21. The van der Waals surface area contributed by atoms with Gasteiger partial charge in [0.1, 0.15) is 5.54 Å². The van der Waals surface area contributed by atoms with Crippen LogP contribution in [0, 0.1) is 0 Å². The molecule has 2 fully saturated rings. The topological polar surface area (TPSA) is 95.6 Å². The van der Waals surface area contributed by atoms with E-state index in [4.69, 9.17) is 0 Å². The normalized spacial score (nSPS) is 23.8. The third-order valence-corrected chi connectivity index (χ3v) is 5.50. The molecule has 4 amide bonds. The van der Waals surface area contributed by atoms with Crippen molar-refractivity contribution in [2.45, 2.75) is 44.1 Å². The molecule has 1 spiro atoms. The number of nitrogens with zero attached hydrogens (tertiary/aromatic N) is 1. The van der Waals surface area contributed by atoms with Crippen molar-refractivity contribution in [2.24, 2.45) is 0 Å². The van der Waals surface area contributed by atoms with Gasteiger partial charge in [-0.2, -0.15) is 0 Å². The number of imide groups is 1. The van der Waals surface area contributed by atoms with Gasteiger partial charge < -0.3 is 10.6 Å². The van der Waals surface area contributed by atoms with Crippen LogP contribution in [0.2, 0.25) is 0 Å². The van der Waals surface area contributed by atoms with E-state index >= 15 is 0 Å². The van der Waals surface area contributed by atoms with E-state index in [1.165, 1.54) is 0 Å². The van der Waals surface area contributed by atoms with Crippen molar-refractivity contribution in [3.63, 3.8) is 0 Å². The number of ketones is 1. The Hall–Kier alpha value is -2.70. The Balaban J connectivity index is 1.54. The summed E-state index contributed by atoms with van der Waals surface area (Å²) in [6, 6.07) is 4.48. The Morgan fingerprint density at radius 1 is 1.24 bits per heavy atom. The average molecular weight is 341 g/mol. The van der Waals surface area contributed by atoms with Gasteiger partial charge in [0, 0.05) is 11.3 Å². The molecule has 2 aliphatic heterocycles. The summed E-state index contributed by atoms with van der Waals surface area (Å²) in [6.07, 6.45) is 3.06. The van der Waals surface area contributed by atoms with Crippen LogP contribution in [0.5, 0.6) is 0 Å². The van der Waals surface area contributed by atoms with Crippen molar-refractivity contribution < 1.29 is 19.2 Å². The predicted molar refractivity (Wildman–Crippen MR) is 89.3 cm³/mol. The summed E-state index contributed by atoms with van der Waals surface area (Å²) in [5.74, 6) is -1.03. The maximum absolute atomic E-state index is 12.6. The van der Waals surface area contributed by atoms with E-state index in [2.05, 4.69) is 10.6 Å². The molecule has 0 bridgehead atoms. The Kier molecular flexibility index (Phi) is 3.42. The molecule has 4 rings (SSSR count). The van der Waals surface area contributed by atoms with Crippen LogP contribution >= 0.6 is 0 Å². The number of fused-ring (bicyclic) bond motifs is 1. The third kappa shape index (κ3) is 2.33. The number of carbonyl (C=O) groups excluding carboxylic acids is 4. The van der Waals surface area contributed by atoms with Crippen molar-refractivity contribution in [1.82, 2.24) is 10.2 Å². The van der Waals surface area contributed by atoms with E-state index in [0.29, 0.717) is 24.1 Å². The Labute approximate surface area is 144 Å². The van der Waals surface area contributed by atoms with Crippen LogP contribution in [0.15, 0.2) is 18.2 Å². The van der Waals surface area contributed by atoms with Gasteiger partial charge in [0.15, 0.2) is 5.78 Å². The van der Waals surface area contributed by atoms with E-state index < -0.39 is 11.6 Å². The van der Waals surface area contributed by atoms with Crippen LogP contribution in [0.3, 0.4) is 0 Å². The van der Waals surface area contributed by atoms with E-state index in [1.807, 2.05) is 0 Å². The molecule has 0 radical (unpaired) electrons. The molecule has 1 aromatic carbocycles. The van der Waals surface area contributed by atoms with Crippen molar-refractivity contribution in [3.8, 4) is 0 Å². The minimum Gasteiger partial charge on any atom is -0.325 e. The summed E-state index contributed by atoms with van der Waals surface area (Å²) in [7, 11) is 0. The monoisotopic (exact) mass is 341 g/mol. The van der Waals surface area contributed by atoms with E-state index in [1.54, 1.807) is 25.1 Å². The summed E-state index contributed by atoms with van der Waals surface area (Å²) >= 11 is 0. The molecule has 1 saturated carbocycles. The highest BCUT2D eigenvalue weighted by Gasteiger charge is 2.52. The summed E-state index contributed by atoms with van der Waals surface area (Å²) in [5.41, 5.74) is 1.06. The van der Waals surface area contributed by atoms with Crippen LogP contribution < -0.4 is 10.6 Å². The maximum Gasteiger partial charge on any atom is 0.325 e. The largest absolute Gasteiger partial charge is 0.325 e. The molecule has 1 saturated heterocycles. The Morgan fingerprint density at radius 2 is 1.96 bits per heavy atom. The van der Waals surface area contributed by atoms with E-state index in [0.717, 1.165) is 23.3 Å². The molecule has 1 aromatic rings. The lowest BCUT2D eigenvalue weighted by Crippen LogP contribution is -2.44. The number of benzene rings is 1. The number of Topliss-reactive ketones (excluding diaryl/α,β-unsaturated/α-hetero) is 1. The number of rotatable bonds is 3. The zero-order chi connectivity index (χ0) is 17.8. The van der Waals surface area contributed by atoms with Gasteiger partial charge in [0.05, 0.1) is 12.5 Å². The van der Waals surface area contributed by atoms with Gasteiger partial charge in [-0.05, 0) is 43.5 Å². The van der Waals surface area contributed by atoms with Crippen LogP contribution in [0.1, 0.15) is 54.4 Å². The van der Waals surface area contributed by atoms with Gasteiger partial charge in [-0.15, -0.1) is 0 Å². The maximum atomic E-state index is 12.6. The van der Waals surface area contributed by atoms with Crippen LogP contribution in [0.4, 0.5) is 10.5 Å². The minimum atomic E-state index is -0.805. The average Bonchev–Trinajstić information content (AvgIpc) is 3.23. The first kappa shape index (κ1) is 15.8. The fraction of sp³-hybridized carbons (Fsp3) is 0.444. The van der Waals surface area contributed by atoms with Gasteiger partial charge in [0.2, 0.25) is 5.91 Å². The van der Waals surface area contributed by atoms with Gasteiger partial charge >= 0.3 is 6.03 Å². The van der Waals surface area contributed by atoms with Gasteiger partial charge in [-0.1, -0.05) is 12.8 Å². The highest BCUT2D eigenvalue weighted by Crippen LogP contribution is 2.35. The number of anilines is 1. The molecule has 0 aromatic heterocycles. The standard InChI is InChI=1S/C18H19N3O4/c1-10-12-8-11(4-5-13(12)19-15(10)23)14(22)9-21-16(24)18(20-17(21)25)6-2-3-7-18/h4-5,8,10H,2-3,6-7,9H2,1H3,(H,19,23)(H,20,25)/t10-/m1/s1. The highest BCUT2D eigenvalue weighted by molar-refractivity contribution is 6.11. The second-order valence-electron chi connectivity index (χ2n) is 7.05. The van der Waals surface area contributed by atoms with Crippen molar-refractivity contribution in [3.05, 3.63) is 29.3 Å². The third-order valence-electron chi connectivity index (χ3n) is 5.50. The first-order valence-corrected chi connectivity index (χ1v) is 8.53. The van der Waals surface area contributed by atoms with E-state index in [-0.39, 0.29) is 30.1 Å². The number of urea groups is 1. The molecule has 2 N–H and O–H groups in total. The summed E-state index contributed by atoms with van der Waals surface area (Å²) < 4.78 is 0. The smallest absolute Gasteiger partial charge is 0.325 e. The molecule has 7 heteroatoms. The molecule has 25 heavy (non-hydrogen) atoms. The molecule has 0 unspecified atom stereocenters. The molecule has 1 aliphatic carbocycles. The summed E-state index contributed by atoms with van der Waals surface area (Å²) in [4.78, 5) is 50.2. The van der Waals surface area contributed by atoms with Crippen molar-refractivity contribution in [2.75, 3.05) is 11.9 Å². The second-order valence-corrected chi connectivity index (χ2v) is 7.05. The summed E-state index contributed by atoms with van der Waals surface area (Å²) in [5, 5.41) is 5.53. The quantitative estimate of drug-likeness (QED) is 0.647. The number of amides is 4. The molecule has 1 atom stereocenters. The van der Waals surface area contributed by atoms with Gasteiger partial charge in [0.25, 0.3) is 5.91 Å². The fourth-order valence-corrected chi connectivity index (χ4v) is 3.96. The lowest BCUT2D eigenvalue weighted by Gasteiger charge is -2.19. The van der Waals surface area contributed by atoms with Crippen LogP contribution in [0.25, 0.3) is 0 Å². The molecule has 130 valence electrons.